The molecule has 0 atom stereocenters. The first-order chi connectivity index (χ1) is 6.20. The predicted molar refractivity (Wildman–Crippen MR) is 61.1 cm³/mol. The van der Waals surface area contributed by atoms with E-state index in [-0.39, 0.29) is 5.75 Å². The molecule has 0 aliphatic carbocycles. The standard InChI is InChI=1S/C9H7Br2NO/c10-7-4-3-6-2-1-5-12(11)8(6)9(7)13/h1-4,13H,5H2. The summed E-state index contributed by atoms with van der Waals surface area (Å²) in [4.78, 5) is 0. The maximum atomic E-state index is 9.76. The third kappa shape index (κ3) is 1.48. The summed E-state index contributed by atoms with van der Waals surface area (Å²) < 4.78 is 2.55. The van der Waals surface area contributed by atoms with Gasteiger partial charge in [-0.2, -0.15) is 0 Å². The first-order valence-electron chi connectivity index (χ1n) is 3.81. The van der Waals surface area contributed by atoms with Crippen molar-refractivity contribution in [1.29, 1.82) is 0 Å². The van der Waals surface area contributed by atoms with Crippen LogP contribution >= 0.6 is 32.1 Å². The fourth-order valence-corrected chi connectivity index (χ4v) is 2.18. The van der Waals surface area contributed by atoms with Crippen LogP contribution in [0.5, 0.6) is 5.75 Å². The minimum atomic E-state index is 0.277. The van der Waals surface area contributed by atoms with E-state index in [0.29, 0.717) is 4.47 Å². The maximum Gasteiger partial charge on any atom is 0.154 e. The van der Waals surface area contributed by atoms with Crippen LogP contribution in [0.3, 0.4) is 0 Å². The Morgan fingerprint density at radius 2 is 2.15 bits per heavy atom. The molecule has 2 rings (SSSR count). The van der Waals surface area contributed by atoms with Crippen LogP contribution in [-0.4, -0.2) is 11.7 Å². The van der Waals surface area contributed by atoms with Crippen LogP contribution in [0, 0.1) is 0 Å². The zero-order chi connectivity index (χ0) is 9.42. The number of anilines is 1. The van der Waals surface area contributed by atoms with Gasteiger partial charge in [-0.25, -0.2) is 0 Å². The first kappa shape index (κ1) is 9.09. The second-order valence-corrected chi connectivity index (χ2v) is 4.49. The molecular weight excluding hydrogens is 298 g/mol. The third-order valence-electron chi connectivity index (χ3n) is 1.94. The molecule has 1 heterocycles. The summed E-state index contributed by atoms with van der Waals surface area (Å²) in [6.07, 6.45) is 4.03. The van der Waals surface area contributed by atoms with Crippen molar-refractivity contribution in [2.24, 2.45) is 0 Å². The number of phenolic OH excluding ortho intramolecular Hbond substituents is 1. The molecule has 1 aliphatic heterocycles. The SMILES string of the molecule is Oc1c(Br)ccc2c1N(Br)CC=C2. The number of aromatic hydroxyl groups is 1. The highest BCUT2D eigenvalue weighted by Gasteiger charge is 2.16. The Kier molecular flexibility index (Phi) is 2.34. The van der Waals surface area contributed by atoms with Crippen LogP contribution < -0.4 is 3.93 Å². The molecule has 0 radical (unpaired) electrons. The summed E-state index contributed by atoms with van der Waals surface area (Å²) in [5.41, 5.74) is 1.83. The molecular formula is C9H7Br2NO. The highest BCUT2D eigenvalue weighted by Crippen LogP contribution is 2.41. The Morgan fingerprint density at radius 3 is 2.92 bits per heavy atom. The van der Waals surface area contributed by atoms with Gasteiger partial charge in [-0.15, -0.1) is 0 Å². The molecule has 2 nitrogen and oxygen atoms in total. The monoisotopic (exact) mass is 303 g/mol. The van der Waals surface area contributed by atoms with Crippen molar-refractivity contribution in [2.75, 3.05) is 10.5 Å². The van der Waals surface area contributed by atoms with Crippen molar-refractivity contribution in [1.82, 2.24) is 0 Å². The number of phenols is 1. The normalized spacial score (nSPS) is 14.5. The largest absolute Gasteiger partial charge is 0.505 e. The van der Waals surface area contributed by atoms with Gasteiger partial charge in [0.15, 0.2) is 5.75 Å². The Morgan fingerprint density at radius 1 is 1.38 bits per heavy atom. The van der Waals surface area contributed by atoms with Crippen molar-refractivity contribution in [3.63, 3.8) is 0 Å². The van der Waals surface area contributed by atoms with Crippen LogP contribution in [-0.2, 0) is 0 Å². The van der Waals surface area contributed by atoms with Crippen molar-refractivity contribution < 1.29 is 5.11 Å². The Hall–Kier alpha value is -0.480. The van der Waals surface area contributed by atoms with E-state index < -0.39 is 0 Å². The number of benzene rings is 1. The van der Waals surface area contributed by atoms with E-state index in [1.807, 2.05) is 28.2 Å². The van der Waals surface area contributed by atoms with Gasteiger partial charge in [0.1, 0.15) is 0 Å². The predicted octanol–water partition coefficient (Wildman–Crippen LogP) is 3.30. The lowest BCUT2D eigenvalue weighted by Gasteiger charge is -2.22. The Balaban J connectivity index is 2.66. The number of hydrogen-bond acceptors (Lipinski definition) is 2. The Labute approximate surface area is 93.3 Å². The molecule has 0 aromatic heterocycles. The molecule has 0 bridgehead atoms. The summed E-state index contributed by atoms with van der Waals surface area (Å²) in [6.45, 7) is 0.761. The quantitative estimate of drug-likeness (QED) is 0.744. The second-order valence-electron chi connectivity index (χ2n) is 2.78. The fourth-order valence-electron chi connectivity index (χ4n) is 1.32. The van der Waals surface area contributed by atoms with Crippen LogP contribution in [0.4, 0.5) is 5.69 Å². The van der Waals surface area contributed by atoms with Crippen LogP contribution in [0.1, 0.15) is 5.56 Å². The zero-order valence-electron chi connectivity index (χ0n) is 6.67. The molecule has 0 amide bonds. The summed E-state index contributed by atoms with van der Waals surface area (Å²) in [5.74, 6) is 0.277. The smallest absolute Gasteiger partial charge is 0.154 e. The fraction of sp³-hybridized carbons (Fsp3) is 0.111. The zero-order valence-corrected chi connectivity index (χ0v) is 9.84. The molecule has 0 fully saturated rings. The van der Waals surface area contributed by atoms with Gasteiger partial charge in [0.2, 0.25) is 0 Å². The van der Waals surface area contributed by atoms with Crippen LogP contribution in [0.15, 0.2) is 22.7 Å². The summed E-state index contributed by atoms with van der Waals surface area (Å²) in [6, 6.07) is 3.80. The average Bonchev–Trinajstić information content (AvgIpc) is 2.12. The molecule has 0 spiro atoms. The number of rotatable bonds is 0. The lowest BCUT2D eigenvalue weighted by Crippen LogP contribution is -2.13. The summed E-state index contributed by atoms with van der Waals surface area (Å²) >= 11 is 6.65. The van der Waals surface area contributed by atoms with E-state index >= 15 is 0 Å². The Bertz CT molecular complexity index is 376. The van der Waals surface area contributed by atoms with Gasteiger partial charge in [0, 0.05) is 12.1 Å². The molecule has 1 N–H and O–H groups in total. The van der Waals surface area contributed by atoms with Crippen molar-refractivity contribution in [2.45, 2.75) is 0 Å². The molecule has 13 heavy (non-hydrogen) atoms. The summed E-state index contributed by atoms with van der Waals surface area (Å²) in [5, 5.41) is 9.76. The van der Waals surface area contributed by atoms with Crippen molar-refractivity contribution >= 4 is 43.8 Å². The molecule has 0 saturated heterocycles. The molecule has 1 aromatic rings. The van der Waals surface area contributed by atoms with Gasteiger partial charge in [-0.1, -0.05) is 18.2 Å². The van der Waals surface area contributed by atoms with Crippen LogP contribution in [0.2, 0.25) is 0 Å². The third-order valence-corrected chi connectivity index (χ3v) is 3.22. The minimum absolute atomic E-state index is 0.277. The highest BCUT2D eigenvalue weighted by atomic mass is 79.9. The van der Waals surface area contributed by atoms with E-state index in [9.17, 15) is 5.11 Å². The molecule has 4 heteroatoms. The maximum absolute atomic E-state index is 9.76. The van der Waals surface area contributed by atoms with E-state index in [4.69, 9.17) is 0 Å². The highest BCUT2D eigenvalue weighted by molar-refractivity contribution is 9.10. The van der Waals surface area contributed by atoms with Gasteiger partial charge in [0.05, 0.1) is 26.3 Å². The number of hydrogen-bond donors (Lipinski definition) is 1. The van der Waals surface area contributed by atoms with Crippen molar-refractivity contribution in [3.05, 3.63) is 28.2 Å². The van der Waals surface area contributed by atoms with Gasteiger partial charge in [-0.3, -0.25) is 0 Å². The van der Waals surface area contributed by atoms with Gasteiger partial charge >= 0.3 is 0 Å². The average molecular weight is 305 g/mol. The van der Waals surface area contributed by atoms with Crippen LogP contribution in [0.25, 0.3) is 6.08 Å². The van der Waals surface area contributed by atoms with E-state index in [1.54, 1.807) is 0 Å². The number of halogens is 2. The van der Waals surface area contributed by atoms with Crippen molar-refractivity contribution in [3.8, 4) is 5.75 Å². The topological polar surface area (TPSA) is 23.5 Å². The molecule has 0 unspecified atom stereocenters. The van der Waals surface area contributed by atoms with E-state index in [1.165, 1.54) is 0 Å². The molecule has 1 aromatic carbocycles. The molecule has 68 valence electrons. The lowest BCUT2D eigenvalue weighted by molar-refractivity contribution is 0.473. The van der Waals surface area contributed by atoms with Gasteiger partial charge in [0.25, 0.3) is 0 Å². The van der Waals surface area contributed by atoms with Gasteiger partial charge < -0.3 is 9.03 Å². The number of nitrogens with zero attached hydrogens (tertiary/aromatic N) is 1. The first-order valence-corrected chi connectivity index (χ1v) is 5.31. The minimum Gasteiger partial charge on any atom is -0.505 e. The molecule has 1 aliphatic rings. The number of fused-ring (bicyclic) bond motifs is 1. The second kappa shape index (κ2) is 3.35. The van der Waals surface area contributed by atoms with E-state index in [0.717, 1.165) is 17.8 Å². The van der Waals surface area contributed by atoms with Gasteiger partial charge in [-0.05, 0) is 22.0 Å². The van der Waals surface area contributed by atoms with E-state index in [2.05, 4.69) is 32.1 Å². The summed E-state index contributed by atoms with van der Waals surface area (Å²) in [7, 11) is 0. The lowest BCUT2D eigenvalue weighted by atomic mass is 10.1. The molecule has 0 saturated carbocycles.